The molecular formula is C20H22ClN3O2S. The van der Waals surface area contributed by atoms with E-state index < -0.39 is 0 Å². The number of halogens is 1. The number of nitrogens with zero attached hydrogens (tertiary/aromatic N) is 2. The molecule has 2 aromatic rings. The zero-order valence-electron chi connectivity index (χ0n) is 15.2. The van der Waals surface area contributed by atoms with Crippen LogP contribution < -0.4 is 10.9 Å². The third-order valence-electron chi connectivity index (χ3n) is 5.55. The zero-order chi connectivity index (χ0) is 19.0. The van der Waals surface area contributed by atoms with Crippen LogP contribution in [0.4, 0.5) is 0 Å². The van der Waals surface area contributed by atoms with Crippen molar-refractivity contribution in [2.75, 3.05) is 25.9 Å². The fourth-order valence-corrected chi connectivity index (χ4v) is 4.90. The summed E-state index contributed by atoms with van der Waals surface area (Å²) in [5.41, 5.74) is 1.05. The lowest BCUT2D eigenvalue weighted by Gasteiger charge is -2.44. The van der Waals surface area contributed by atoms with E-state index in [0.29, 0.717) is 16.5 Å². The number of hydrogen-bond acceptors (Lipinski definition) is 4. The largest absolute Gasteiger partial charge is 0.348 e. The average molecular weight is 404 g/mol. The van der Waals surface area contributed by atoms with E-state index in [4.69, 9.17) is 11.6 Å². The molecule has 27 heavy (non-hydrogen) atoms. The van der Waals surface area contributed by atoms with Gasteiger partial charge in [0.2, 0.25) is 0 Å². The van der Waals surface area contributed by atoms with Crippen molar-refractivity contribution in [1.29, 1.82) is 0 Å². The third-order valence-corrected chi connectivity index (χ3v) is 6.55. The topological polar surface area (TPSA) is 54.3 Å². The molecule has 0 unspecified atom stereocenters. The molecule has 1 amide bonds. The van der Waals surface area contributed by atoms with E-state index in [9.17, 15) is 9.59 Å². The molecule has 4 heterocycles. The Hall–Kier alpha value is -1.76. The normalized spacial score (nSPS) is 24.0. The second-order valence-corrected chi connectivity index (χ2v) is 8.44. The number of hydrogen-bond donors (Lipinski definition) is 1. The maximum atomic E-state index is 12.8. The fourth-order valence-electron chi connectivity index (χ4n) is 4.04. The van der Waals surface area contributed by atoms with Crippen LogP contribution in [0, 0.1) is 5.92 Å². The minimum atomic E-state index is -0.174. The van der Waals surface area contributed by atoms with Gasteiger partial charge in [-0.1, -0.05) is 11.6 Å². The lowest BCUT2D eigenvalue weighted by atomic mass is 9.84. The molecule has 1 N–H and O–H groups in total. The Morgan fingerprint density at radius 3 is 2.67 bits per heavy atom. The highest BCUT2D eigenvalue weighted by Gasteiger charge is 2.35. The summed E-state index contributed by atoms with van der Waals surface area (Å²) in [6, 6.07) is 8.63. The number of thioether (sulfide) groups is 1. The van der Waals surface area contributed by atoms with Gasteiger partial charge in [-0.2, -0.15) is 0 Å². The van der Waals surface area contributed by atoms with Crippen molar-refractivity contribution in [2.24, 2.45) is 5.92 Å². The van der Waals surface area contributed by atoms with Crippen LogP contribution >= 0.6 is 23.4 Å². The first kappa shape index (κ1) is 18.6. The van der Waals surface area contributed by atoms with Crippen LogP contribution in [0.1, 0.15) is 23.2 Å². The molecule has 3 saturated heterocycles. The number of nitrogens with one attached hydrogen (secondary N) is 1. The second kappa shape index (κ2) is 7.70. The smallest absolute Gasteiger partial charge is 0.255 e. The van der Waals surface area contributed by atoms with Crippen LogP contribution in [0.25, 0.3) is 5.69 Å². The van der Waals surface area contributed by atoms with E-state index in [0.717, 1.165) is 43.1 Å². The highest BCUT2D eigenvalue weighted by molar-refractivity contribution is 7.98. The predicted molar refractivity (Wildman–Crippen MR) is 109 cm³/mol. The minimum absolute atomic E-state index is 0.123. The van der Waals surface area contributed by atoms with Crippen LogP contribution in [0.15, 0.2) is 46.2 Å². The van der Waals surface area contributed by atoms with E-state index in [1.165, 1.54) is 22.4 Å². The molecule has 2 bridgehead atoms. The van der Waals surface area contributed by atoms with E-state index >= 15 is 0 Å². The van der Waals surface area contributed by atoms with Gasteiger partial charge in [0.1, 0.15) is 0 Å². The van der Waals surface area contributed by atoms with Crippen molar-refractivity contribution >= 4 is 29.3 Å². The van der Waals surface area contributed by atoms with Gasteiger partial charge in [0, 0.05) is 34.8 Å². The van der Waals surface area contributed by atoms with Crippen LogP contribution in [-0.4, -0.2) is 47.3 Å². The number of amides is 1. The van der Waals surface area contributed by atoms with Crippen molar-refractivity contribution in [3.8, 4) is 5.69 Å². The number of aromatic nitrogens is 1. The standard InChI is InChI=1S/C20H22ClN3O2S/c1-27-18-10-15(21)3-4-17(18)24-11-14(2-5-19(24)25)20(26)22-16-12-23-8-6-13(16)7-9-23/h2-5,10-11,13,16H,6-9,12H2,1H3,(H,22,26)/t16-/m0/s1. The SMILES string of the molecule is CSc1cc(Cl)ccc1-n1cc(C(=O)N[C@H]2CN3CCC2CC3)ccc1=O. The summed E-state index contributed by atoms with van der Waals surface area (Å²) in [4.78, 5) is 28.5. The van der Waals surface area contributed by atoms with Crippen LogP contribution in [0.3, 0.4) is 0 Å². The van der Waals surface area contributed by atoms with E-state index in [-0.39, 0.29) is 17.5 Å². The van der Waals surface area contributed by atoms with Gasteiger partial charge in [0.25, 0.3) is 11.5 Å². The molecule has 0 aliphatic carbocycles. The van der Waals surface area contributed by atoms with Gasteiger partial charge in [0.05, 0.1) is 11.3 Å². The van der Waals surface area contributed by atoms with Crippen molar-refractivity contribution < 1.29 is 4.79 Å². The molecule has 3 aliphatic rings. The molecule has 3 aliphatic heterocycles. The molecule has 7 heteroatoms. The van der Waals surface area contributed by atoms with Crippen LogP contribution in [0.2, 0.25) is 5.02 Å². The first-order chi connectivity index (χ1) is 13.0. The number of rotatable bonds is 4. The summed E-state index contributed by atoms with van der Waals surface area (Å²) in [6.45, 7) is 3.19. The van der Waals surface area contributed by atoms with Gasteiger partial charge >= 0.3 is 0 Å². The fraction of sp³-hybridized carbons (Fsp3) is 0.400. The zero-order valence-corrected chi connectivity index (χ0v) is 16.7. The summed E-state index contributed by atoms with van der Waals surface area (Å²) in [5, 5.41) is 3.80. The number of carbonyl (C=O) groups is 1. The second-order valence-electron chi connectivity index (χ2n) is 7.16. The maximum absolute atomic E-state index is 12.8. The molecule has 1 aromatic heterocycles. The van der Waals surface area contributed by atoms with Gasteiger partial charge in [-0.15, -0.1) is 11.8 Å². The quantitative estimate of drug-likeness (QED) is 0.797. The molecule has 0 saturated carbocycles. The molecule has 142 valence electrons. The number of piperidine rings is 3. The molecule has 0 radical (unpaired) electrons. The Bertz CT molecular complexity index is 922. The highest BCUT2D eigenvalue weighted by Crippen LogP contribution is 2.28. The Labute approximate surface area is 167 Å². The summed E-state index contributed by atoms with van der Waals surface area (Å²) < 4.78 is 1.52. The third kappa shape index (κ3) is 3.79. The Morgan fingerprint density at radius 2 is 2.00 bits per heavy atom. The lowest BCUT2D eigenvalue weighted by molar-refractivity contribution is 0.0620. The summed E-state index contributed by atoms with van der Waals surface area (Å²) in [6.07, 6.45) is 5.85. The Balaban J connectivity index is 1.61. The van der Waals surface area contributed by atoms with Gasteiger partial charge in [-0.3, -0.25) is 14.2 Å². The lowest BCUT2D eigenvalue weighted by Crippen LogP contribution is -2.57. The summed E-state index contributed by atoms with van der Waals surface area (Å²) in [5.74, 6) is 0.436. The molecule has 5 nitrogen and oxygen atoms in total. The molecule has 3 fully saturated rings. The number of carbonyl (C=O) groups excluding carboxylic acids is 1. The van der Waals surface area contributed by atoms with Crippen molar-refractivity contribution in [1.82, 2.24) is 14.8 Å². The molecular weight excluding hydrogens is 382 g/mol. The van der Waals surface area contributed by atoms with Crippen molar-refractivity contribution in [3.63, 3.8) is 0 Å². The van der Waals surface area contributed by atoms with Gasteiger partial charge in [-0.05, 0) is 62.4 Å². The van der Waals surface area contributed by atoms with Gasteiger partial charge in [-0.25, -0.2) is 0 Å². The maximum Gasteiger partial charge on any atom is 0.255 e. The Morgan fingerprint density at radius 1 is 1.22 bits per heavy atom. The molecule has 1 aromatic carbocycles. The predicted octanol–water partition coefficient (Wildman–Crippen LogP) is 3.04. The highest BCUT2D eigenvalue weighted by atomic mass is 35.5. The van der Waals surface area contributed by atoms with Gasteiger partial charge < -0.3 is 10.2 Å². The van der Waals surface area contributed by atoms with Crippen molar-refractivity contribution in [2.45, 2.75) is 23.8 Å². The average Bonchev–Trinajstić information content (AvgIpc) is 2.69. The number of pyridine rings is 1. The van der Waals surface area contributed by atoms with Crippen LogP contribution in [-0.2, 0) is 0 Å². The van der Waals surface area contributed by atoms with E-state index in [1.807, 2.05) is 18.4 Å². The summed E-state index contributed by atoms with van der Waals surface area (Å²) in [7, 11) is 0. The molecule has 5 rings (SSSR count). The minimum Gasteiger partial charge on any atom is -0.348 e. The number of benzene rings is 1. The number of fused-ring (bicyclic) bond motifs is 3. The van der Waals surface area contributed by atoms with Crippen LogP contribution in [0.5, 0.6) is 0 Å². The van der Waals surface area contributed by atoms with Crippen molar-refractivity contribution in [3.05, 3.63) is 57.5 Å². The molecule has 0 spiro atoms. The molecule has 1 atom stereocenters. The first-order valence-corrected chi connectivity index (χ1v) is 10.8. The summed E-state index contributed by atoms with van der Waals surface area (Å²) >= 11 is 7.59. The first-order valence-electron chi connectivity index (χ1n) is 9.15. The van der Waals surface area contributed by atoms with Gasteiger partial charge in [0.15, 0.2) is 0 Å². The van der Waals surface area contributed by atoms with E-state index in [2.05, 4.69) is 10.2 Å². The van der Waals surface area contributed by atoms with E-state index in [1.54, 1.807) is 18.3 Å². The monoisotopic (exact) mass is 403 g/mol. The Kier molecular flexibility index (Phi) is 5.30.